The lowest BCUT2D eigenvalue weighted by molar-refractivity contribution is 0.370. The van der Waals surface area contributed by atoms with E-state index in [1.54, 1.807) is 6.07 Å². The Balaban J connectivity index is 2.27. The Morgan fingerprint density at radius 2 is 2.17 bits per heavy atom. The summed E-state index contributed by atoms with van der Waals surface area (Å²) < 4.78 is 13.4. The van der Waals surface area contributed by atoms with E-state index in [-0.39, 0.29) is 5.82 Å². The van der Waals surface area contributed by atoms with Crippen LogP contribution in [0.15, 0.2) is 18.2 Å². The van der Waals surface area contributed by atoms with Gasteiger partial charge in [-0.3, -0.25) is 0 Å². The molecule has 1 aromatic rings. The first-order valence-electron chi connectivity index (χ1n) is 6.79. The highest BCUT2D eigenvalue weighted by atomic mass is 35.5. The zero-order valence-corrected chi connectivity index (χ0v) is 11.6. The van der Waals surface area contributed by atoms with Gasteiger partial charge in [0.05, 0.1) is 0 Å². The minimum absolute atomic E-state index is 0.254. The van der Waals surface area contributed by atoms with Crippen LogP contribution in [0.4, 0.5) is 4.39 Å². The molecule has 0 radical (unpaired) electrons. The van der Waals surface area contributed by atoms with E-state index in [9.17, 15) is 4.39 Å². The lowest BCUT2D eigenvalue weighted by Crippen LogP contribution is -2.36. The van der Waals surface area contributed by atoms with Crippen molar-refractivity contribution in [1.29, 1.82) is 0 Å². The molecule has 1 saturated carbocycles. The zero-order chi connectivity index (χ0) is 13.2. The van der Waals surface area contributed by atoms with E-state index in [1.165, 1.54) is 25.0 Å². The van der Waals surface area contributed by atoms with E-state index in [4.69, 9.17) is 17.3 Å². The maximum Gasteiger partial charge on any atom is 0.123 e. The third-order valence-electron chi connectivity index (χ3n) is 4.28. The van der Waals surface area contributed by atoms with Crippen LogP contribution in [0.2, 0.25) is 5.02 Å². The summed E-state index contributed by atoms with van der Waals surface area (Å²) in [6.45, 7) is 2.23. The van der Waals surface area contributed by atoms with Gasteiger partial charge in [-0.15, -0.1) is 0 Å². The van der Waals surface area contributed by atoms with Crippen molar-refractivity contribution in [2.75, 3.05) is 0 Å². The molecule has 0 spiro atoms. The maximum atomic E-state index is 13.4. The number of halogens is 2. The second kappa shape index (κ2) is 5.58. The predicted octanol–water partition coefficient (Wildman–Crippen LogP) is 4.62. The Hall–Kier alpha value is -0.600. The molecule has 0 bridgehead atoms. The molecule has 0 aliphatic heterocycles. The molecule has 1 nitrogen and oxygen atoms in total. The van der Waals surface area contributed by atoms with Gasteiger partial charge in [-0.25, -0.2) is 4.39 Å². The molecular formula is C15H21ClFN. The average molecular weight is 270 g/mol. The largest absolute Gasteiger partial charge is 0.321 e. The van der Waals surface area contributed by atoms with Gasteiger partial charge in [0, 0.05) is 10.6 Å². The molecule has 2 N–H and O–H groups in total. The minimum atomic E-state index is -0.455. The van der Waals surface area contributed by atoms with Crippen molar-refractivity contribution in [3.05, 3.63) is 34.6 Å². The molecule has 100 valence electrons. The van der Waals surface area contributed by atoms with Crippen LogP contribution in [0, 0.1) is 11.7 Å². The van der Waals surface area contributed by atoms with Gasteiger partial charge in [0.25, 0.3) is 0 Å². The van der Waals surface area contributed by atoms with Gasteiger partial charge in [-0.05, 0) is 48.9 Å². The SMILES string of the molecule is CCC1CCCC(N)(c2cc(F)ccc2Cl)CC1. The third kappa shape index (κ3) is 2.86. The molecule has 2 unspecified atom stereocenters. The zero-order valence-electron chi connectivity index (χ0n) is 10.9. The molecule has 3 heteroatoms. The Morgan fingerprint density at radius 1 is 1.39 bits per heavy atom. The van der Waals surface area contributed by atoms with Crippen LogP contribution in [0.25, 0.3) is 0 Å². The fraction of sp³-hybridized carbons (Fsp3) is 0.600. The first-order valence-corrected chi connectivity index (χ1v) is 7.17. The highest BCUT2D eigenvalue weighted by molar-refractivity contribution is 6.31. The maximum absolute atomic E-state index is 13.4. The summed E-state index contributed by atoms with van der Waals surface area (Å²) >= 11 is 6.20. The number of rotatable bonds is 2. The molecule has 1 aliphatic rings. The quantitative estimate of drug-likeness (QED) is 0.779. The summed E-state index contributed by atoms with van der Waals surface area (Å²) in [4.78, 5) is 0. The fourth-order valence-electron chi connectivity index (χ4n) is 2.99. The first kappa shape index (κ1) is 13.8. The molecule has 18 heavy (non-hydrogen) atoms. The van der Waals surface area contributed by atoms with Crippen LogP contribution in [-0.4, -0.2) is 0 Å². The molecule has 2 atom stereocenters. The second-order valence-electron chi connectivity index (χ2n) is 5.49. The van der Waals surface area contributed by atoms with Crippen LogP contribution >= 0.6 is 11.6 Å². The van der Waals surface area contributed by atoms with Crippen LogP contribution in [-0.2, 0) is 5.54 Å². The van der Waals surface area contributed by atoms with Crippen molar-refractivity contribution in [3.63, 3.8) is 0 Å². The van der Waals surface area contributed by atoms with Crippen molar-refractivity contribution in [3.8, 4) is 0 Å². The molecule has 0 saturated heterocycles. The van der Waals surface area contributed by atoms with Crippen LogP contribution in [0.5, 0.6) is 0 Å². The summed E-state index contributed by atoms with van der Waals surface area (Å²) in [5.41, 5.74) is 6.84. The smallest absolute Gasteiger partial charge is 0.123 e. The monoisotopic (exact) mass is 269 g/mol. The molecule has 0 aromatic heterocycles. The number of hydrogen-bond acceptors (Lipinski definition) is 1. The molecule has 0 heterocycles. The third-order valence-corrected chi connectivity index (χ3v) is 4.61. The molecule has 2 rings (SSSR count). The van der Waals surface area contributed by atoms with Crippen molar-refractivity contribution in [2.24, 2.45) is 11.7 Å². The van der Waals surface area contributed by atoms with E-state index in [0.29, 0.717) is 5.02 Å². The van der Waals surface area contributed by atoms with E-state index < -0.39 is 5.54 Å². The summed E-state index contributed by atoms with van der Waals surface area (Å²) in [6.07, 6.45) is 6.43. The van der Waals surface area contributed by atoms with E-state index >= 15 is 0 Å². The second-order valence-corrected chi connectivity index (χ2v) is 5.89. The summed E-state index contributed by atoms with van der Waals surface area (Å²) in [7, 11) is 0. The van der Waals surface area contributed by atoms with E-state index in [0.717, 1.165) is 37.2 Å². The minimum Gasteiger partial charge on any atom is -0.321 e. The Kier molecular flexibility index (Phi) is 4.29. The van der Waals surface area contributed by atoms with Crippen molar-refractivity contribution in [1.82, 2.24) is 0 Å². The first-order chi connectivity index (χ1) is 8.55. The Morgan fingerprint density at radius 3 is 2.89 bits per heavy atom. The molecular weight excluding hydrogens is 249 g/mol. The van der Waals surface area contributed by atoms with Gasteiger partial charge >= 0.3 is 0 Å². The van der Waals surface area contributed by atoms with E-state index in [2.05, 4.69) is 6.92 Å². The number of nitrogens with two attached hydrogens (primary N) is 1. The topological polar surface area (TPSA) is 26.0 Å². The predicted molar refractivity (Wildman–Crippen MR) is 74.1 cm³/mol. The standard InChI is InChI=1S/C15H21ClFN/c1-2-11-4-3-8-15(18,9-7-11)13-10-12(17)5-6-14(13)16/h5-6,10-11H,2-4,7-9,18H2,1H3. The lowest BCUT2D eigenvalue weighted by atomic mass is 9.83. The van der Waals surface area contributed by atoms with Gasteiger partial charge in [0.15, 0.2) is 0 Å². The van der Waals surface area contributed by atoms with Crippen molar-refractivity contribution in [2.45, 2.75) is 51.0 Å². The number of benzene rings is 1. The van der Waals surface area contributed by atoms with Gasteiger partial charge in [0.2, 0.25) is 0 Å². The van der Waals surface area contributed by atoms with Gasteiger partial charge in [-0.1, -0.05) is 37.8 Å². The molecule has 1 aromatic carbocycles. The summed E-state index contributed by atoms with van der Waals surface area (Å²) in [5.74, 6) is 0.498. The normalized spacial score (nSPS) is 29.0. The average Bonchev–Trinajstić information content (AvgIpc) is 2.55. The van der Waals surface area contributed by atoms with Crippen LogP contribution in [0.1, 0.15) is 51.0 Å². The molecule has 1 fully saturated rings. The number of hydrogen-bond donors (Lipinski definition) is 1. The van der Waals surface area contributed by atoms with E-state index in [1.807, 2.05) is 0 Å². The fourth-order valence-corrected chi connectivity index (χ4v) is 3.30. The van der Waals surface area contributed by atoms with Gasteiger partial charge < -0.3 is 5.73 Å². The highest BCUT2D eigenvalue weighted by Gasteiger charge is 2.32. The Labute approximate surface area is 114 Å². The van der Waals surface area contributed by atoms with Crippen LogP contribution < -0.4 is 5.73 Å². The molecule has 1 aliphatic carbocycles. The van der Waals surface area contributed by atoms with Crippen molar-refractivity contribution >= 4 is 11.6 Å². The van der Waals surface area contributed by atoms with Crippen LogP contribution in [0.3, 0.4) is 0 Å². The molecule has 0 amide bonds. The lowest BCUT2D eigenvalue weighted by Gasteiger charge is -2.29. The highest BCUT2D eigenvalue weighted by Crippen LogP contribution is 2.39. The van der Waals surface area contributed by atoms with Gasteiger partial charge in [0.1, 0.15) is 5.82 Å². The Bertz CT molecular complexity index is 421. The summed E-state index contributed by atoms with van der Waals surface area (Å²) in [6, 6.07) is 4.51. The van der Waals surface area contributed by atoms with Crippen molar-refractivity contribution < 1.29 is 4.39 Å². The van der Waals surface area contributed by atoms with Gasteiger partial charge in [-0.2, -0.15) is 0 Å². The summed E-state index contributed by atoms with van der Waals surface area (Å²) in [5, 5.41) is 0.592.